The molecule has 4 nitrogen and oxygen atoms in total. The minimum absolute atomic E-state index is 0.216. The van der Waals surface area contributed by atoms with E-state index in [-0.39, 0.29) is 5.75 Å². The van der Waals surface area contributed by atoms with Gasteiger partial charge in [-0.3, -0.25) is 0 Å². The second-order valence-electron chi connectivity index (χ2n) is 3.82. The molecule has 0 aliphatic rings. The lowest BCUT2D eigenvalue weighted by atomic mass is 10.2. The quantitative estimate of drug-likeness (QED) is 0.884. The SMILES string of the molecule is CNCCc1ncc(-c2ccc(OC)c(F)c2)o1. The van der Waals surface area contributed by atoms with Crippen LogP contribution in [0.2, 0.25) is 0 Å². The Kier molecular flexibility index (Phi) is 3.94. The number of benzene rings is 1. The third-order valence-corrected chi connectivity index (χ3v) is 2.58. The van der Waals surface area contributed by atoms with E-state index >= 15 is 0 Å². The molecule has 18 heavy (non-hydrogen) atoms. The average Bonchev–Trinajstić information content (AvgIpc) is 2.85. The van der Waals surface area contributed by atoms with Crippen molar-refractivity contribution in [1.82, 2.24) is 10.3 Å². The van der Waals surface area contributed by atoms with E-state index in [4.69, 9.17) is 9.15 Å². The smallest absolute Gasteiger partial charge is 0.196 e. The number of nitrogens with zero attached hydrogens (tertiary/aromatic N) is 1. The Balaban J connectivity index is 2.20. The Morgan fingerprint density at radius 1 is 1.44 bits per heavy atom. The molecular weight excluding hydrogens is 235 g/mol. The summed E-state index contributed by atoms with van der Waals surface area (Å²) < 4.78 is 24.0. The van der Waals surface area contributed by atoms with Crippen LogP contribution in [-0.2, 0) is 6.42 Å². The van der Waals surface area contributed by atoms with Gasteiger partial charge in [0, 0.05) is 18.5 Å². The summed E-state index contributed by atoms with van der Waals surface area (Å²) in [6, 6.07) is 4.69. The zero-order valence-electron chi connectivity index (χ0n) is 10.4. The van der Waals surface area contributed by atoms with Crippen molar-refractivity contribution in [2.45, 2.75) is 6.42 Å². The Morgan fingerprint density at radius 3 is 2.94 bits per heavy atom. The van der Waals surface area contributed by atoms with Crippen LogP contribution in [-0.4, -0.2) is 25.7 Å². The van der Waals surface area contributed by atoms with E-state index in [1.54, 1.807) is 18.3 Å². The number of aromatic nitrogens is 1. The van der Waals surface area contributed by atoms with Crippen LogP contribution in [0.15, 0.2) is 28.8 Å². The van der Waals surface area contributed by atoms with Crippen LogP contribution >= 0.6 is 0 Å². The summed E-state index contributed by atoms with van der Waals surface area (Å²) in [7, 11) is 3.30. The normalized spacial score (nSPS) is 10.6. The van der Waals surface area contributed by atoms with E-state index in [1.165, 1.54) is 13.2 Å². The molecule has 0 radical (unpaired) electrons. The molecule has 1 N–H and O–H groups in total. The van der Waals surface area contributed by atoms with Gasteiger partial charge >= 0.3 is 0 Å². The van der Waals surface area contributed by atoms with Crippen LogP contribution in [0.4, 0.5) is 4.39 Å². The third kappa shape index (κ3) is 2.68. The van der Waals surface area contributed by atoms with Gasteiger partial charge < -0.3 is 14.5 Å². The molecule has 0 aliphatic heterocycles. The van der Waals surface area contributed by atoms with Crippen LogP contribution in [0, 0.1) is 5.82 Å². The topological polar surface area (TPSA) is 47.3 Å². The first-order chi connectivity index (χ1) is 8.74. The van der Waals surface area contributed by atoms with Gasteiger partial charge in [0.1, 0.15) is 0 Å². The number of hydrogen-bond acceptors (Lipinski definition) is 4. The molecule has 2 rings (SSSR count). The van der Waals surface area contributed by atoms with Crippen molar-refractivity contribution in [3.8, 4) is 17.1 Å². The Morgan fingerprint density at radius 2 is 2.28 bits per heavy atom. The predicted molar refractivity (Wildman–Crippen MR) is 66.1 cm³/mol. The molecule has 0 unspecified atom stereocenters. The molecular formula is C13H15FN2O2. The fraction of sp³-hybridized carbons (Fsp3) is 0.308. The van der Waals surface area contributed by atoms with Gasteiger partial charge in [0.2, 0.25) is 0 Å². The van der Waals surface area contributed by atoms with Crippen LogP contribution in [0.25, 0.3) is 11.3 Å². The summed E-state index contributed by atoms with van der Waals surface area (Å²) in [6.45, 7) is 0.789. The van der Waals surface area contributed by atoms with Gasteiger partial charge in [-0.15, -0.1) is 0 Å². The fourth-order valence-electron chi connectivity index (χ4n) is 1.61. The number of nitrogens with one attached hydrogen (secondary N) is 1. The first-order valence-corrected chi connectivity index (χ1v) is 5.68. The van der Waals surface area contributed by atoms with Gasteiger partial charge in [-0.2, -0.15) is 0 Å². The van der Waals surface area contributed by atoms with Gasteiger partial charge in [-0.1, -0.05) is 0 Å². The summed E-state index contributed by atoms with van der Waals surface area (Å²) in [5.41, 5.74) is 0.650. The van der Waals surface area contributed by atoms with Crippen molar-refractivity contribution in [1.29, 1.82) is 0 Å². The highest BCUT2D eigenvalue weighted by atomic mass is 19.1. The lowest BCUT2D eigenvalue weighted by Crippen LogP contribution is -2.10. The molecule has 0 amide bonds. The molecule has 1 aromatic heterocycles. The predicted octanol–water partition coefficient (Wildman–Crippen LogP) is 2.25. The molecule has 0 aliphatic carbocycles. The monoisotopic (exact) mass is 250 g/mol. The summed E-state index contributed by atoms with van der Waals surface area (Å²) >= 11 is 0. The zero-order chi connectivity index (χ0) is 13.0. The maximum absolute atomic E-state index is 13.5. The molecule has 0 fully saturated rings. The first-order valence-electron chi connectivity index (χ1n) is 5.68. The van der Waals surface area contributed by atoms with Crippen molar-refractivity contribution >= 4 is 0 Å². The molecule has 0 spiro atoms. The number of halogens is 1. The first kappa shape index (κ1) is 12.6. The van der Waals surface area contributed by atoms with Crippen LogP contribution in [0.5, 0.6) is 5.75 Å². The zero-order valence-corrected chi connectivity index (χ0v) is 10.4. The molecule has 5 heteroatoms. The van der Waals surface area contributed by atoms with Crippen molar-refractivity contribution < 1.29 is 13.5 Å². The summed E-state index contributed by atoms with van der Waals surface area (Å²) in [4.78, 5) is 4.14. The van der Waals surface area contributed by atoms with Gasteiger partial charge in [0.05, 0.1) is 13.3 Å². The number of hydrogen-bond donors (Lipinski definition) is 1. The number of rotatable bonds is 5. The maximum atomic E-state index is 13.5. The van der Waals surface area contributed by atoms with Crippen molar-refractivity contribution in [2.24, 2.45) is 0 Å². The molecule has 0 atom stereocenters. The van der Waals surface area contributed by atoms with Crippen LogP contribution < -0.4 is 10.1 Å². The maximum Gasteiger partial charge on any atom is 0.196 e. The lowest BCUT2D eigenvalue weighted by Gasteiger charge is -2.02. The van der Waals surface area contributed by atoms with E-state index in [9.17, 15) is 4.39 Å². The molecule has 0 saturated heterocycles. The summed E-state index contributed by atoms with van der Waals surface area (Å²) in [5.74, 6) is 0.995. The fourth-order valence-corrected chi connectivity index (χ4v) is 1.61. The molecule has 0 saturated carbocycles. The Hall–Kier alpha value is -1.88. The highest BCUT2D eigenvalue weighted by Crippen LogP contribution is 2.26. The molecule has 0 bridgehead atoms. The van der Waals surface area contributed by atoms with Crippen molar-refractivity contribution in [3.63, 3.8) is 0 Å². The molecule has 96 valence electrons. The Bertz CT molecular complexity index is 525. The largest absolute Gasteiger partial charge is 0.494 e. The van der Waals surface area contributed by atoms with Crippen molar-refractivity contribution in [3.05, 3.63) is 36.1 Å². The second-order valence-corrected chi connectivity index (χ2v) is 3.82. The van der Waals surface area contributed by atoms with E-state index in [1.807, 2.05) is 7.05 Å². The highest BCUT2D eigenvalue weighted by Gasteiger charge is 2.09. The lowest BCUT2D eigenvalue weighted by molar-refractivity contribution is 0.386. The van der Waals surface area contributed by atoms with Crippen molar-refractivity contribution in [2.75, 3.05) is 20.7 Å². The van der Waals surface area contributed by atoms with Gasteiger partial charge in [0.15, 0.2) is 23.2 Å². The second kappa shape index (κ2) is 5.64. The number of methoxy groups -OCH3 is 1. The van der Waals surface area contributed by atoms with Crippen LogP contribution in [0.1, 0.15) is 5.89 Å². The number of oxazole rings is 1. The summed E-state index contributed by atoms with van der Waals surface area (Å²) in [6.07, 6.45) is 2.31. The minimum atomic E-state index is -0.414. The standard InChI is InChI=1S/C13H15FN2O2/c1-15-6-5-13-16-8-12(18-13)9-3-4-11(17-2)10(14)7-9/h3-4,7-8,15H,5-6H2,1-2H3. The minimum Gasteiger partial charge on any atom is -0.494 e. The van der Waals surface area contributed by atoms with E-state index in [2.05, 4.69) is 10.3 Å². The van der Waals surface area contributed by atoms with E-state index < -0.39 is 5.82 Å². The third-order valence-electron chi connectivity index (χ3n) is 2.58. The molecule has 1 aromatic carbocycles. The number of likely N-dealkylation sites (N-methyl/N-ethyl adjacent to an activating group) is 1. The molecule has 2 aromatic rings. The number of ether oxygens (including phenoxy) is 1. The highest BCUT2D eigenvalue weighted by molar-refractivity contribution is 5.57. The van der Waals surface area contributed by atoms with E-state index in [0.717, 1.165) is 6.54 Å². The summed E-state index contributed by atoms with van der Waals surface area (Å²) in [5, 5.41) is 3.01. The van der Waals surface area contributed by atoms with Gasteiger partial charge in [0.25, 0.3) is 0 Å². The average molecular weight is 250 g/mol. The van der Waals surface area contributed by atoms with Gasteiger partial charge in [-0.25, -0.2) is 9.37 Å². The molecule has 1 heterocycles. The van der Waals surface area contributed by atoms with E-state index in [0.29, 0.717) is 23.6 Å². The van der Waals surface area contributed by atoms with Gasteiger partial charge in [-0.05, 0) is 25.2 Å². The van der Waals surface area contributed by atoms with Crippen LogP contribution in [0.3, 0.4) is 0 Å². The Labute approximate surface area is 105 Å².